The van der Waals surface area contributed by atoms with Gasteiger partial charge in [0.2, 0.25) is 5.91 Å². The first-order valence-corrected chi connectivity index (χ1v) is 11.0. The zero-order chi connectivity index (χ0) is 22.1. The maximum atomic E-state index is 12.7. The highest BCUT2D eigenvalue weighted by Crippen LogP contribution is 2.56. The zero-order valence-corrected chi connectivity index (χ0v) is 18.6. The number of phenols is 1. The number of aryl methyl sites for hydroxylation is 1. The van der Waals surface area contributed by atoms with E-state index < -0.39 is 11.0 Å². The second-order valence-corrected chi connectivity index (χ2v) is 9.36. The number of carbonyl (C=O) groups excluding carboxylic acids is 1. The molecule has 1 aliphatic heterocycles. The number of amides is 1. The number of likely N-dealkylation sites (tertiary alicyclic amines) is 1. The van der Waals surface area contributed by atoms with Gasteiger partial charge in [0.15, 0.2) is 0 Å². The van der Waals surface area contributed by atoms with Gasteiger partial charge < -0.3 is 21.3 Å². The third-order valence-corrected chi connectivity index (χ3v) is 7.57. The molecule has 4 atom stereocenters. The fourth-order valence-electron chi connectivity index (χ4n) is 5.80. The number of fused-ring (bicyclic) bond motifs is 1. The second kappa shape index (κ2) is 8.69. The lowest BCUT2D eigenvalue weighted by molar-refractivity contribution is -0.167. The van der Waals surface area contributed by atoms with Crippen molar-refractivity contribution in [2.24, 2.45) is 11.7 Å². The predicted octanol–water partition coefficient (Wildman–Crippen LogP) is 2.56. The van der Waals surface area contributed by atoms with E-state index in [0.29, 0.717) is 19.3 Å². The Hall–Kier alpha value is -1.89. The lowest BCUT2D eigenvalue weighted by Gasteiger charge is -2.61. The van der Waals surface area contributed by atoms with Gasteiger partial charge in [0.25, 0.3) is 0 Å². The number of hydrogen-bond donors (Lipinski definition) is 4. The Balaban J connectivity index is 2.04. The molecular formula is C24H37N3O3. The van der Waals surface area contributed by atoms with Crippen molar-refractivity contribution in [3.63, 3.8) is 0 Å². The monoisotopic (exact) mass is 415 g/mol. The number of carbonyl (C=O) groups is 1. The first-order chi connectivity index (χ1) is 14.1. The van der Waals surface area contributed by atoms with E-state index in [1.54, 1.807) is 12.1 Å². The van der Waals surface area contributed by atoms with Crippen molar-refractivity contribution in [2.75, 3.05) is 19.8 Å². The highest BCUT2D eigenvalue weighted by atomic mass is 16.3. The maximum Gasteiger partial charge on any atom is 0.224 e. The summed E-state index contributed by atoms with van der Waals surface area (Å²) in [5.41, 5.74) is 7.10. The number of nitrogens with zero attached hydrogens (tertiary/aromatic N) is 1. The van der Waals surface area contributed by atoms with Crippen molar-refractivity contribution in [3.05, 3.63) is 41.5 Å². The van der Waals surface area contributed by atoms with E-state index in [2.05, 4.69) is 23.7 Å². The molecular weight excluding hydrogens is 378 g/mol. The summed E-state index contributed by atoms with van der Waals surface area (Å²) >= 11 is 0. The molecule has 1 aliphatic carbocycles. The summed E-state index contributed by atoms with van der Waals surface area (Å²) in [6.07, 6.45) is 3.36. The molecule has 1 heterocycles. The standard InChI is InChI=1S/C24H37N3O3/c1-16(2)8-11-27-12-10-23(21-13-20(28)6-5-17(21)3)14-19(22(29)26-15-25)7-9-24(23,30)18(27)4/h5-6,13,18-19,28,30H,1,7-12,14-15,25H2,2-4H3,(H,26,29). The third kappa shape index (κ3) is 3.88. The van der Waals surface area contributed by atoms with Gasteiger partial charge in [-0.1, -0.05) is 11.6 Å². The smallest absolute Gasteiger partial charge is 0.224 e. The van der Waals surface area contributed by atoms with Crippen molar-refractivity contribution in [1.29, 1.82) is 0 Å². The predicted molar refractivity (Wildman–Crippen MR) is 119 cm³/mol. The van der Waals surface area contributed by atoms with Crippen molar-refractivity contribution >= 4 is 5.91 Å². The van der Waals surface area contributed by atoms with E-state index in [4.69, 9.17) is 5.73 Å². The van der Waals surface area contributed by atoms with Crippen molar-refractivity contribution < 1.29 is 15.0 Å². The third-order valence-electron chi connectivity index (χ3n) is 7.57. The summed E-state index contributed by atoms with van der Waals surface area (Å²) in [5, 5.41) is 25.3. The molecule has 166 valence electrons. The number of piperidine rings is 1. The van der Waals surface area contributed by atoms with Crippen LogP contribution in [0.3, 0.4) is 0 Å². The van der Waals surface area contributed by atoms with Crippen LogP contribution < -0.4 is 11.1 Å². The molecule has 1 aromatic carbocycles. The summed E-state index contributed by atoms with van der Waals surface area (Å²) < 4.78 is 0. The minimum atomic E-state index is -0.988. The van der Waals surface area contributed by atoms with Crippen molar-refractivity contribution in [1.82, 2.24) is 10.2 Å². The van der Waals surface area contributed by atoms with E-state index in [1.165, 1.54) is 0 Å². The Morgan fingerprint density at radius 3 is 2.80 bits per heavy atom. The van der Waals surface area contributed by atoms with Gasteiger partial charge in [-0.25, -0.2) is 0 Å². The Kier molecular flexibility index (Phi) is 6.60. The van der Waals surface area contributed by atoms with Crippen LogP contribution in [-0.4, -0.2) is 52.4 Å². The Morgan fingerprint density at radius 1 is 1.40 bits per heavy atom. The van der Waals surface area contributed by atoms with Crippen LogP contribution in [0.15, 0.2) is 30.4 Å². The average Bonchev–Trinajstić information content (AvgIpc) is 2.70. The van der Waals surface area contributed by atoms with Crippen LogP contribution in [0.4, 0.5) is 0 Å². The van der Waals surface area contributed by atoms with Crippen LogP contribution >= 0.6 is 0 Å². The number of hydrogen-bond acceptors (Lipinski definition) is 5. The number of rotatable bonds is 6. The first kappa shape index (κ1) is 22.8. The number of benzene rings is 1. The van der Waals surface area contributed by atoms with Gasteiger partial charge in [-0.2, -0.15) is 0 Å². The van der Waals surface area contributed by atoms with Gasteiger partial charge in [-0.3, -0.25) is 9.69 Å². The zero-order valence-electron chi connectivity index (χ0n) is 18.6. The summed E-state index contributed by atoms with van der Waals surface area (Å²) in [6.45, 7) is 12.0. The second-order valence-electron chi connectivity index (χ2n) is 9.36. The summed E-state index contributed by atoms with van der Waals surface area (Å²) in [6, 6.07) is 5.31. The number of aromatic hydroxyl groups is 1. The molecule has 3 rings (SSSR count). The van der Waals surface area contributed by atoms with Crippen LogP contribution in [-0.2, 0) is 10.2 Å². The molecule has 1 saturated carbocycles. The summed E-state index contributed by atoms with van der Waals surface area (Å²) in [7, 11) is 0. The molecule has 1 amide bonds. The molecule has 30 heavy (non-hydrogen) atoms. The molecule has 1 aromatic rings. The molecule has 0 bridgehead atoms. The molecule has 4 unspecified atom stereocenters. The summed E-state index contributed by atoms with van der Waals surface area (Å²) in [5.74, 6) is -0.0583. The van der Waals surface area contributed by atoms with E-state index >= 15 is 0 Å². The quantitative estimate of drug-likeness (QED) is 0.423. The van der Waals surface area contributed by atoms with Gasteiger partial charge >= 0.3 is 0 Å². The Bertz CT molecular complexity index is 811. The normalized spacial score (nSPS) is 31.8. The van der Waals surface area contributed by atoms with Gasteiger partial charge in [-0.15, -0.1) is 6.58 Å². The minimum Gasteiger partial charge on any atom is -0.508 e. The Labute approximate surface area is 180 Å². The highest BCUT2D eigenvalue weighted by Gasteiger charge is 2.61. The van der Waals surface area contributed by atoms with Crippen molar-refractivity contribution in [2.45, 2.75) is 69.9 Å². The molecule has 5 N–H and O–H groups in total. The topological polar surface area (TPSA) is 98.8 Å². The number of aliphatic hydroxyl groups is 1. The SMILES string of the molecule is C=C(C)CCN1CCC2(c3cc(O)ccc3C)CC(C(=O)NCN)CCC2(O)C1C. The van der Waals surface area contributed by atoms with Crippen LogP contribution in [0.1, 0.15) is 57.1 Å². The van der Waals surface area contributed by atoms with Gasteiger partial charge in [0.1, 0.15) is 5.75 Å². The highest BCUT2D eigenvalue weighted by molar-refractivity contribution is 5.79. The maximum absolute atomic E-state index is 12.7. The molecule has 6 heteroatoms. The molecule has 2 fully saturated rings. The molecule has 0 aromatic heterocycles. The van der Waals surface area contributed by atoms with Crippen LogP contribution in [0.2, 0.25) is 0 Å². The fourth-order valence-corrected chi connectivity index (χ4v) is 5.80. The van der Waals surface area contributed by atoms with Gasteiger partial charge in [-0.05, 0) is 82.7 Å². The van der Waals surface area contributed by atoms with Crippen LogP contribution in [0.25, 0.3) is 0 Å². The van der Waals surface area contributed by atoms with E-state index in [-0.39, 0.29) is 30.3 Å². The van der Waals surface area contributed by atoms with Crippen LogP contribution in [0, 0.1) is 12.8 Å². The number of nitrogens with one attached hydrogen (secondary N) is 1. The van der Waals surface area contributed by atoms with E-state index in [0.717, 1.165) is 42.6 Å². The first-order valence-electron chi connectivity index (χ1n) is 11.0. The number of nitrogens with two attached hydrogens (primary N) is 1. The Morgan fingerprint density at radius 2 is 2.13 bits per heavy atom. The fraction of sp³-hybridized carbons (Fsp3) is 0.625. The lowest BCUT2D eigenvalue weighted by Crippen LogP contribution is -2.70. The molecule has 1 saturated heterocycles. The molecule has 0 radical (unpaired) electrons. The molecule has 2 aliphatic rings. The van der Waals surface area contributed by atoms with E-state index in [1.807, 2.05) is 19.9 Å². The lowest BCUT2D eigenvalue weighted by atomic mass is 9.51. The summed E-state index contributed by atoms with van der Waals surface area (Å²) in [4.78, 5) is 15.0. The van der Waals surface area contributed by atoms with Gasteiger partial charge in [0.05, 0.1) is 12.3 Å². The molecule has 0 spiro atoms. The van der Waals surface area contributed by atoms with Crippen LogP contribution in [0.5, 0.6) is 5.75 Å². The minimum absolute atomic E-state index is 0.0471. The average molecular weight is 416 g/mol. The molecule has 6 nitrogen and oxygen atoms in total. The van der Waals surface area contributed by atoms with Crippen molar-refractivity contribution in [3.8, 4) is 5.75 Å². The van der Waals surface area contributed by atoms with E-state index in [9.17, 15) is 15.0 Å². The largest absolute Gasteiger partial charge is 0.508 e. The number of phenolic OH excluding ortho intramolecular Hbond substituents is 1. The van der Waals surface area contributed by atoms with Gasteiger partial charge in [0, 0.05) is 23.9 Å².